The lowest BCUT2D eigenvalue weighted by molar-refractivity contribution is -0.205. The van der Waals surface area contributed by atoms with E-state index < -0.39 is 46.9 Å². The molecule has 160 valence electrons. The highest BCUT2D eigenvalue weighted by atomic mass is 32.3. The molecule has 0 aliphatic carbocycles. The van der Waals surface area contributed by atoms with Gasteiger partial charge < -0.3 is 29.7 Å². The molecule has 1 saturated heterocycles. The van der Waals surface area contributed by atoms with Crippen LogP contribution in [0.2, 0.25) is 0 Å². The molecule has 0 bridgehead atoms. The standard InChI is InChI=1S/C14H27NO9S3/c1-25-7-5-3-2-4-6-10(15-24-27(20,21)22)26-14-13(19)12(18)11(17)9(8-16)23-14/h9,11-14,16-19H,2-8H2,1H3,(H,20,21,22)/p-1/b15-10-/t9-,11-,12+,13-,14+/m1/s1. The zero-order chi connectivity index (χ0) is 20.4. The Morgan fingerprint density at radius 1 is 1.15 bits per heavy atom. The number of nitrogens with zero attached hydrogens (tertiary/aromatic N) is 1. The fourth-order valence-corrected chi connectivity index (χ4v) is 4.22. The predicted molar refractivity (Wildman–Crippen MR) is 101 cm³/mol. The number of ether oxygens (including phenoxy) is 1. The highest BCUT2D eigenvalue weighted by molar-refractivity contribution is 8.14. The van der Waals surface area contributed by atoms with E-state index in [0.29, 0.717) is 6.42 Å². The lowest BCUT2D eigenvalue weighted by atomic mass is 10.0. The second-order valence-corrected chi connectivity index (χ2v) is 9.06. The molecule has 1 aliphatic heterocycles. The first kappa shape index (κ1) is 24.9. The molecule has 0 unspecified atom stereocenters. The Balaban J connectivity index is 2.71. The molecule has 1 aliphatic rings. The van der Waals surface area contributed by atoms with Crippen molar-refractivity contribution in [2.75, 3.05) is 18.6 Å². The Morgan fingerprint density at radius 2 is 1.81 bits per heavy atom. The van der Waals surface area contributed by atoms with E-state index >= 15 is 0 Å². The summed E-state index contributed by atoms with van der Waals surface area (Å²) in [6.45, 7) is -0.588. The quantitative estimate of drug-likeness (QED) is 0.0811. The number of thioether (sulfide) groups is 2. The number of hydrogen-bond donors (Lipinski definition) is 4. The van der Waals surface area contributed by atoms with Gasteiger partial charge in [-0.2, -0.15) is 20.2 Å². The minimum Gasteiger partial charge on any atom is -0.714 e. The van der Waals surface area contributed by atoms with Crippen molar-refractivity contribution in [3.8, 4) is 0 Å². The van der Waals surface area contributed by atoms with Crippen LogP contribution in [0, 0.1) is 0 Å². The van der Waals surface area contributed by atoms with Gasteiger partial charge in [0, 0.05) is 0 Å². The Hall–Kier alpha value is -0.120. The lowest BCUT2D eigenvalue weighted by Gasteiger charge is -2.39. The van der Waals surface area contributed by atoms with Gasteiger partial charge in [0.05, 0.1) is 6.61 Å². The number of aliphatic hydroxyl groups is 4. The van der Waals surface area contributed by atoms with Crippen LogP contribution in [0.4, 0.5) is 0 Å². The largest absolute Gasteiger partial charge is 0.714 e. The van der Waals surface area contributed by atoms with Crippen LogP contribution >= 0.6 is 23.5 Å². The SMILES string of the molecule is CSCCCCCC/C(=N/OS(=O)(=O)[O-])S[C@@H]1O[C@H](CO)[C@@H](O)[C@H](O)[C@H]1O. The summed E-state index contributed by atoms with van der Waals surface area (Å²) in [5, 5.41) is 42.3. The minimum atomic E-state index is -5.04. The summed E-state index contributed by atoms with van der Waals surface area (Å²) in [6.07, 6.45) is 0.109. The van der Waals surface area contributed by atoms with E-state index in [1.807, 2.05) is 6.26 Å². The van der Waals surface area contributed by atoms with E-state index in [4.69, 9.17) is 4.74 Å². The van der Waals surface area contributed by atoms with Gasteiger partial charge in [-0.15, -0.1) is 0 Å². The summed E-state index contributed by atoms with van der Waals surface area (Å²) in [7, 11) is -5.04. The Bertz CT molecular complexity index is 558. The fraction of sp³-hybridized carbons (Fsp3) is 0.929. The third kappa shape index (κ3) is 9.28. The number of unbranched alkanes of at least 4 members (excludes halogenated alkanes) is 3. The number of hydrogen-bond acceptors (Lipinski definition) is 12. The molecular weight excluding hydrogens is 422 g/mol. The molecule has 13 heteroatoms. The molecule has 27 heavy (non-hydrogen) atoms. The summed E-state index contributed by atoms with van der Waals surface area (Å²) >= 11 is 2.52. The average molecular weight is 449 g/mol. The van der Waals surface area contributed by atoms with Crippen LogP contribution in [-0.2, 0) is 19.4 Å². The van der Waals surface area contributed by atoms with Gasteiger partial charge >= 0.3 is 0 Å². The Kier molecular flexibility index (Phi) is 11.5. The molecule has 0 amide bonds. The third-order valence-electron chi connectivity index (χ3n) is 3.82. The van der Waals surface area contributed by atoms with Gasteiger partial charge in [-0.3, -0.25) is 4.28 Å². The van der Waals surface area contributed by atoms with Gasteiger partial charge in [0.1, 0.15) is 34.9 Å². The maximum atomic E-state index is 10.7. The molecule has 1 fully saturated rings. The van der Waals surface area contributed by atoms with E-state index in [9.17, 15) is 33.4 Å². The molecule has 0 aromatic rings. The van der Waals surface area contributed by atoms with Crippen molar-refractivity contribution >= 4 is 39.0 Å². The zero-order valence-corrected chi connectivity index (χ0v) is 17.3. The van der Waals surface area contributed by atoms with Crippen molar-refractivity contribution in [3.05, 3.63) is 0 Å². The molecule has 4 N–H and O–H groups in total. The number of aliphatic hydroxyl groups excluding tert-OH is 4. The minimum absolute atomic E-state index is 0.0867. The predicted octanol–water partition coefficient (Wildman–Crippen LogP) is -0.377. The molecule has 1 rings (SSSR count). The van der Waals surface area contributed by atoms with Crippen LogP contribution in [0.15, 0.2) is 5.16 Å². The van der Waals surface area contributed by atoms with Crippen molar-refractivity contribution < 1.29 is 42.4 Å². The van der Waals surface area contributed by atoms with Gasteiger partial charge in [0.25, 0.3) is 10.4 Å². The van der Waals surface area contributed by atoms with Gasteiger partial charge in [-0.05, 0) is 31.3 Å². The van der Waals surface area contributed by atoms with Crippen molar-refractivity contribution in [3.63, 3.8) is 0 Å². The van der Waals surface area contributed by atoms with Crippen molar-refractivity contribution in [1.29, 1.82) is 0 Å². The molecule has 1 heterocycles. The molecule has 10 nitrogen and oxygen atoms in total. The molecule has 0 aromatic carbocycles. The maximum Gasteiger partial charge on any atom is 0.284 e. The topological polar surface area (TPSA) is 169 Å². The van der Waals surface area contributed by atoms with Crippen molar-refractivity contribution in [2.24, 2.45) is 5.16 Å². The summed E-state index contributed by atoms with van der Waals surface area (Å²) in [6, 6.07) is 0. The van der Waals surface area contributed by atoms with Gasteiger partial charge in [-0.1, -0.05) is 29.8 Å². The van der Waals surface area contributed by atoms with Crippen LogP contribution in [0.25, 0.3) is 0 Å². The van der Waals surface area contributed by atoms with E-state index in [1.165, 1.54) is 0 Å². The first-order chi connectivity index (χ1) is 12.7. The third-order valence-corrected chi connectivity index (χ3v) is 5.95. The summed E-state index contributed by atoms with van der Waals surface area (Å²) in [5.74, 6) is 1.04. The van der Waals surface area contributed by atoms with Crippen LogP contribution in [0.1, 0.15) is 32.1 Å². The fourth-order valence-electron chi connectivity index (χ4n) is 2.39. The smallest absolute Gasteiger partial charge is 0.284 e. The summed E-state index contributed by atoms with van der Waals surface area (Å²) in [5.41, 5.74) is -1.13. The normalized spacial score (nSPS) is 29.7. The molecule has 0 saturated carbocycles. The lowest BCUT2D eigenvalue weighted by Crippen LogP contribution is -2.57. The zero-order valence-electron chi connectivity index (χ0n) is 14.8. The Labute approximate surface area is 167 Å². The number of rotatable bonds is 11. The summed E-state index contributed by atoms with van der Waals surface area (Å²) in [4.78, 5) is 0. The summed E-state index contributed by atoms with van der Waals surface area (Å²) < 4.78 is 41.2. The van der Waals surface area contributed by atoms with Crippen LogP contribution in [0.3, 0.4) is 0 Å². The van der Waals surface area contributed by atoms with Gasteiger partial charge in [-0.25, -0.2) is 0 Å². The Morgan fingerprint density at radius 3 is 2.41 bits per heavy atom. The monoisotopic (exact) mass is 448 g/mol. The first-order valence-electron chi connectivity index (χ1n) is 8.37. The highest BCUT2D eigenvalue weighted by Gasteiger charge is 2.44. The molecular formula is C14H26NO9S3-. The second kappa shape index (κ2) is 12.4. The van der Waals surface area contributed by atoms with Gasteiger partial charge in [0.15, 0.2) is 0 Å². The van der Waals surface area contributed by atoms with Crippen LogP contribution < -0.4 is 0 Å². The number of oxime groups is 1. The van der Waals surface area contributed by atoms with E-state index in [0.717, 1.165) is 36.8 Å². The first-order valence-corrected chi connectivity index (χ1v) is 12.0. The van der Waals surface area contributed by atoms with Crippen LogP contribution in [-0.4, -0.2) is 86.9 Å². The molecule has 5 atom stereocenters. The van der Waals surface area contributed by atoms with Crippen molar-refractivity contribution in [1.82, 2.24) is 0 Å². The second-order valence-electron chi connectivity index (χ2n) is 5.94. The van der Waals surface area contributed by atoms with Crippen LogP contribution in [0.5, 0.6) is 0 Å². The van der Waals surface area contributed by atoms with Gasteiger partial charge in [0.2, 0.25) is 0 Å². The highest BCUT2D eigenvalue weighted by Crippen LogP contribution is 2.30. The van der Waals surface area contributed by atoms with Crippen molar-refractivity contribution in [2.45, 2.75) is 62.0 Å². The molecule has 0 radical (unpaired) electrons. The average Bonchev–Trinajstić information content (AvgIpc) is 2.61. The van der Waals surface area contributed by atoms with E-state index in [2.05, 4.69) is 9.44 Å². The molecule has 0 spiro atoms. The molecule has 0 aromatic heterocycles. The van der Waals surface area contributed by atoms with E-state index in [1.54, 1.807) is 11.8 Å². The van der Waals surface area contributed by atoms with E-state index in [-0.39, 0.29) is 11.5 Å². The maximum absolute atomic E-state index is 10.7.